The first-order chi connectivity index (χ1) is 6.54. The minimum absolute atomic E-state index is 0.157. The molecule has 0 radical (unpaired) electrons. The highest BCUT2D eigenvalue weighted by molar-refractivity contribution is 7.47. The van der Waals surface area contributed by atoms with Gasteiger partial charge in [0.1, 0.15) is 0 Å². The van der Waals surface area contributed by atoms with E-state index in [4.69, 9.17) is 14.2 Å². The fourth-order valence-corrected chi connectivity index (χ4v) is 1.89. The lowest BCUT2D eigenvalue weighted by molar-refractivity contribution is -1.03. The zero-order valence-corrected chi connectivity index (χ0v) is 9.40. The first-order valence-electron chi connectivity index (χ1n) is 4.58. The topological polar surface area (TPSA) is 65.0 Å². The molecular formula is C7H17NO5P+. The summed E-state index contributed by atoms with van der Waals surface area (Å²) in [6.07, 6.45) is 0. The minimum Gasteiger partial charge on any atom is -0.302 e. The molecule has 0 aliphatic carbocycles. The van der Waals surface area contributed by atoms with Crippen molar-refractivity contribution in [1.82, 2.24) is 0 Å². The van der Waals surface area contributed by atoms with Gasteiger partial charge < -0.3 is 4.89 Å². The highest BCUT2D eigenvalue weighted by Crippen LogP contribution is 2.43. The lowest BCUT2D eigenvalue weighted by Gasteiger charge is -2.42. The first kappa shape index (κ1) is 12.1. The van der Waals surface area contributed by atoms with Gasteiger partial charge in [0.2, 0.25) is 0 Å². The Bertz CT molecular complexity index is 225. The van der Waals surface area contributed by atoms with Crippen LogP contribution < -0.4 is 0 Å². The molecule has 0 bridgehead atoms. The fourth-order valence-electron chi connectivity index (χ4n) is 1.09. The van der Waals surface area contributed by atoms with Gasteiger partial charge in [0.25, 0.3) is 0 Å². The molecule has 0 aromatic heterocycles. The van der Waals surface area contributed by atoms with E-state index in [2.05, 4.69) is 4.52 Å². The Balaban J connectivity index is 2.35. The molecule has 0 spiro atoms. The molecule has 1 N–H and O–H groups in total. The highest BCUT2D eigenvalue weighted by atomic mass is 31.2. The Morgan fingerprint density at radius 2 is 2.07 bits per heavy atom. The van der Waals surface area contributed by atoms with Gasteiger partial charge in [-0.15, -0.1) is 0 Å². The summed E-state index contributed by atoms with van der Waals surface area (Å²) >= 11 is 0. The van der Waals surface area contributed by atoms with E-state index in [0.717, 1.165) is 6.54 Å². The highest BCUT2D eigenvalue weighted by Gasteiger charge is 2.37. The van der Waals surface area contributed by atoms with Crippen LogP contribution in [-0.4, -0.2) is 42.7 Å². The molecule has 1 heterocycles. The molecule has 6 nitrogen and oxygen atoms in total. The monoisotopic (exact) mass is 226 g/mol. The van der Waals surface area contributed by atoms with Gasteiger partial charge in [-0.05, 0) is 13.8 Å². The summed E-state index contributed by atoms with van der Waals surface area (Å²) in [5, 5.41) is 0. The second-order valence-electron chi connectivity index (χ2n) is 3.26. The van der Waals surface area contributed by atoms with Crippen molar-refractivity contribution in [2.24, 2.45) is 0 Å². The van der Waals surface area contributed by atoms with Gasteiger partial charge in [0.15, 0.2) is 20.2 Å². The molecular weight excluding hydrogens is 209 g/mol. The van der Waals surface area contributed by atoms with Crippen molar-refractivity contribution in [2.45, 2.75) is 13.8 Å². The van der Waals surface area contributed by atoms with E-state index in [-0.39, 0.29) is 13.3 Å². The predicted octanol–water partition coefficient (Wildman–Crippen LogP) is 0.879. The number of ether oxygens (including phenoxy) is 1. The molecule has 0 saturated carbocycles. The summed E-state index contributed by atoms with van der Waals surface area (Å²) in [4.78, 5) is 9.15. The van der Waals surface area contributed by atoms with Crippen LogP contribution in [0, 0.1) is 0 Å². The largest absolute Gasteiger partial charge is 0.476 e. The molecule has 14 heavy (non-hydrogen) atoms. The molecule has 0 amide bonds. The second kappa shape index (κ2) is 4.70. The third-order valence-electron chi connectivity index (χ3n) is 2.19. The number of nitrogens with zero attached hydrogens (tertiary/aromatic N) is 1. The number of quaternary nitrogens is 1. The van der Waals surface area contributed by atoms with E-state index in [1.54, 1.807) is 6.92 Å². The third-order valence-corrected chi connectivity index (χ3v) is 3.21. The van der Waals surface area contributed by atoms with Crippen LogP contribution in [-0.2, 0) is 18.3 Å². The van der Waals surface area contributed by atoms with Crippen molar-refractivity contribution in [2.75, 3.05) is 33.3 Å². The molecule has 1 saturated heterocycles. The second-order valence-corrected chi connectivity index (χ2v) is 4.72. The summed E-state index contributed by atoms with van der Waals surface area (Å²) in [5.41, 5.74) is 0. The normalized spacial score (nSPS) is 23.9. The SMILES string of the molecule is CCOP(=O)(O)OC[N+]1(CC)COC1. The van der Waals surface area contributed by atoms with E-state index in [9.17, 15) is 4.57 Å². The molecule has 1 unspecified atom stereocenters. The van der Waals surface area contributed by atoms with Crippen LogP contribution in [0.5, 0.6) is 0 Å². The Kier molecular flexibility index (Phi) is 4.06. The Labute approximate surface area is 83.6 Å². The maximum atomic E-state index is 11.2. The van der Waals surface area contributed by atoms with E-state index in [1.807, 2.05) is 6.92 Å². The van der Waals surface area contributed by atoms with E-state index >= 15 is 0 Å². The molecule has 1 fully saturated rings. The van der Waals surface area contributed by atoms with Gasteiger partial charge in [-0.1, -0.05) is 0 Å². The van der Waals surface area contributed by atoms with Crippen LogP contribution in [0.1, 0.15) is 13.8 Å². The van der Waals surface area contributed by atoms with Gasteiger partial charge in [0, 0.05) is 0 Å². The lowest BCUT2D eigenvalue weighted by atomic mass is 10.5. The van der Waals surface area contributed by atoms with Gasteiger partial charge in [0.05, 0.1) is 13.2 Å². The summed E-state index contributed by atoms with van der Waals surface area (Å²) in [6.45, 7) is 5.82. The van der Waals surface area contributed by atoms with Crippen molar-refractivity contribution in [3.05, 3.63) is 0 Å². The molecule has 1 aliphatic heterocycles. The van der Waals surface area contributed by atoms with Crippen LogP contribution in [0.3, 0.4) is 0 Å². The molecule has 1 atom stereocenters. The van der Waals surface area contributed by atoms with Crippen LogP contribution in [0.25, 0.3) is 0 Å². The van der Waals surface area contributed by atoms with Crippen molar-refractivity contribution < 1.29 is 27.7 Å². The van der Waals surface area contributed by atoms with E-state index in [1.165, 1.54) is 0 Å². The van der Waals surface area contributed by atoms with Crippen LogP contribution in [0.2, 0.25) is 0 Å². The Morgan fingerprint density at radius 1 is 1.43 bits per heavy atom. The van der Waals surface area contributed by atoms with E-state index in [0.29, 0.717) is 17.9 Å². The van der Waals surface area contributed by atoms with Gasteiger partial charge in [-0.2, -0.15) is 0 Å². The molecule has 0 aromatic rings. The molecule has 1 aliphatic rings. The number of rotatable bonds is 6. The van der Waals surface area contributed by atoms with Crippen molar-refractivity contribution >= 4 is 7.82 Å². The minimum atomic E-state index is -3.85. The first-order valence-corrected chi connectivity index (χ1v) is 6.08. The Morgan fingerprint density at radius 3 is 2.43 bits per heavy atom. The lowest BCUT2D eigenvalue weighted by Crippen LogP contribution is -2.60. The number of phosphoric ester groups is 1. The van der Waals surface area contributed by atoms with Crippen molar-refractivity contribution in [3.63, 3.8) is 0 Å². The summed E-state index contributed by atoms with van der Waals surface area (Å²) in [5.74, 6) is 0. The van der Waals surface area contributed by atoms with Gasteiger partial charge >= 0.3 is 7.82 Å². The van der Waals surface area contributed by atoms with Crippen LogP contribution >= 0.6 is 7.82 Å². The quantitative estimate of drug-likeness (QED) is 0.538. The maximum absolute atomic E-state index is 11.2. The number of hydrogen-bond acceptors (Lipinski definition) is 4. The summed E-state index contributed by atoms with van der Waals surface area (Å²) in [7, 11) is -3.85. The third kappa shape index (κ3) is 3.02. The van der Waals surface area contributed by atoms with Gasteiger partial charge in [-0.25, -0.2) is 9.09 Å². The molecule has 7 heteroatoms. The average molecular weight is 226 g/mol. The van der Waals surface area contributed by atoms with Crippen molar-refractivity contribution in [3.8, 4) is 0 Å². The van der Waals surface area contributed by atoms with E-state index < -0.39 is 7.82 Å². The summed E-state index contributed by atoms with van der Waals surface area (Å²) in [6, 6.07) is 0. The van der Waals surface area contributed by atoms with Gasteiger partial charge in [-0.3, -0.25) is 13.7 Å². The van der Waals surface area contributed by atoms with Crippen LogP contribution in [0.15, 0.2) is 0 Å². The fraction of sp³-hybridized carbons (Fsp3) is 1.00. The number of phosphoric acid groups is 1. The van der Waals surface area contributed by atoms with Crippen LogP contribution in [0.4, 0.5) is 0 Å². The maximum Gasteiger partial charge on any atom is 0.476 e. The average Bonchev–Trinajstić information content (AvgIpc) is 2.03. The standard InChI is InChI=1S/C7H16NO5P/c1-3-8(5-11-6-8)7-13-14(9,10)12-4-2/h3-7H2,1-2H3/p+1. The zero-order valence-electron chi connectivity index (χ0n) is 8.51. The molecule has 0 aromatic carbocycles. The smallest absolute Gasteiger partial charge is 0.302 e. The zero-order chi connectivity index (χ0) is 10.7. The molecule has 1 rings (SSSR count). The molecule has 84 valence electrons. The number of hydrogen-bond donors (Lipinski definition) is 1. The predicted molar refractivity (Wildman–Crippen MR) is 49.0 cm³/mol. The Hall–Kier alpha value is 0.0300. The summed E-state index contributed by atoms with van der Waals surface area (Å²) < 4.78 is 26.2. The van der Waals surface area contributed by atoms with Crippen molar-refractivity contribution in [1.29, 1.82) is 0 Å².